The van der Waals surface area contributed by atoms with Crippen molar-refractivity contribution in [2.24, 2.45) is 0 Å². The number of pyridine rings is 1. The maximum Gasteiger partial charge on any atom is 0.178 e. The number of rotatable bonds is 3. The van der Waals surface area contributed by atoms with Crippen LogP contribution in [0.4, 0.5) is 0 Å². The normalized spacial score (nSPS) is 17.5. The van der Waals surface area contributed by atoms with E-state index in [1.54, 1.807) is 12.4 Å². The summed E-state index contributed by atoms with van der Waals surface area (Å²) >= 11 is 13.5. The summed E-state index contributed by atoms with van der Waals surface area (Å²) in [6.45, 7) is 0.927. The number of nitrogens with zero attached hydrogens (tertiary/aromatic N) is 2. The molecule has 0 unspecified atom stereocenters. The molecule has 1 aliphatic rings. The molecule has 2 aromatic rings. The minimum Gasteiger partial charge on any atom is -0.329 e. The largest absolute Gasteiger partial charge is 0.329 e. The highest BCUT2D eigenvalue weighted by molar-refractivity contribution is 8.00. The molecule has 1 saturated carbocycles. The fourth-order valence-electron chi connectivity index (χ4n) is 2.08. The van der Waals surface area contributed by atoms with Crippen LogP contribution in [0.5, 0.6) is 0 Å². The van der Waals surface area contributed by atoms with Crippen LogP contribution in [0.15, 0.2) is 12.4 Å². The van der Waals surface area contributed by atoms with Crippen LogP contribution in [-0.4, -0.2) is 25.5 Å². The van der Waals surface area contributed by atoms with E-state index in [0.29, 0.717) is 9.77 Å². The summed E-state index contributed by atoms with van der Waals surface area (Å²) in [5, 5.41) is 0.659. The fraction of sp³-hybridized carbons (Fsp3) is 0.455. The Morgan fingerprint density at radius 2 is 2.35 bits per heavy atom. The van der Waals surface area contributed by atoms with Crippen molar-refractivity contribution in [2.45, 2.75) is 24.1 Å². The molecule has 0 radical (unpaired) electrons. The zero-order valence-corrected chi connectivity index (χ0v) is 11.8. The second-order valence-corrected chi connectivity index (χ2v) is 6.49. The van der Waals surface area contributed by atoms with Crippen LogP contribution < -0.4 is 0 Å². The highest BCUT2D eigenvalue weighted by atomic mass is 35.5. The number of hydrogen-bond acceptors (Lipinski definition) is 3. The van der Waals surface area contributed by atoms with Crippen LogP contribution in [0.3, 0.4) is 0 Å². The highest BCUT2D eigenvalue weighted by Gasteiger charge is 2.42. The van der Waals surface area contributed by atoms with E-state index in [2.05, 4.69) is 20.8 Å². The third-order valence-electron chi connectivity index (χ3n) is 3.32. The summed E-state index contributed by atoms with van der Waals surface area (Å²) < 4.78 is 3.20. The summed E-state index contributed by atoms with van der Waals surface area (Å²) in [5.41, 5.74) is 1.89. The Hall–Kier alpha value is -0.520. The van der Waals surface area contributed by atoms with Gasteiger partial charge in [0.25, 0.3) is 0 Å². The Bertz CT molecular complexity index is 627. The molecule has 0 atom stereocenters. The second-order valence-electron chi connectivity index (χ2n) is 4.42. The Kier molecular flexibility index (Phi) is 2.72. The standard InChI is InChI=1S/C11H12ClN3S2/c1-17-11(2-3-11)6-15-9-7(12)4-13-5-8(9)14-10(15)16/h4-5H,2-3,6H2,1H3,(H,14,16). The number of imidazole rings is 1. The Morgan fingerprint density at radius 3 is 3.00 bits per heavy atom. The lowest BCUT2D eigenvalue weighted by Gasteiger charge is -2.13. The zero-order valence-electron chi connectivity index (χ0n) is 9.36. The van der Waals surface area contributed by atoms with Gasteiger partial charge in [0.15, 0.2) is 4.77 Å². The van der Waals surface area contributed by atoms with Crippen molar-refractivity contribution in [2.75, 3.05) is 6.26 Å². The van der Waals surface area contributed by atoms with Crippen LogP contribution >= 0.6 is 35.6 Å². The first-order chi connectivity index (χ1) is 8.15. The first-order valence-corrected chi connectivity index (χ1v) is 7.43. The van der Waals surface area contributed by atoms with Crippen molar-refractivity contribution >= 4 is 46.6 Å². The lowest BCUT2D eigenvalue weighted by molar-refractivity contribution is 0.670. The van der Waals surface area contributed by atoms with E-state index in [-0.39, 0.29) is 0 Å². The highest BCUT2D eigenvalue weighted by Crippen LogP contribution is 2.49. The van der Waals surface area contributed by atoms with E-state index >= 15 is 0 Å². The van der Waals surface area contributed by atoms with Crippen LogP contribution in [0.1, 0.15) is 12.8 Å². The summed E-state index contributed by atoms with van der Waals surface area (Å²) in [6.07, 6.45) is 8.11. The van der Waals surface area contributed by atoms with Gasteiger partial charge in [-0.05, 0) is 31.3 Å². The van der Waals surface area contributed by atoms with Gasteiger partial charge in [-0.15, -0.1) is 0 Å². The van der Waals surface area contributed by atoms with Gasteiger partial charge in [0, 0.05) is 17.5 Å². The van der Waals surface area contributed by atoms with Gasteiger partial charge >= 0.3 is 0 Å². The van der Waals surface area contributed by atoms with Gasteiger partial charge < -0.3 is 9.55 Å². The van der Waals surface area contributed by atoms with Crippen LogP contribution in [0.25, 0.3) is 11.0 Å². The third kappa shape index (κ3) is 1.90. The van der Waals surface area contributed by atoms with Gasteiger partial charge in [-0.1, -0.05) is 11.6 Å². The van der Waals surface area contributed by atoms with Gasteiger partial charge in [0.05, 0.1) is 22.3 Å². The minimum atomic E-state index is 0.361. The van der Waals surface area contributed by atoms with Crippen molar-refractivity contribution in [1.82, 2.24) is 14.5 Å². The molecule has 2 aromatic heterocycles. The summed E-state index contributed by atoms with van der Waals surface area (Å²) in [4.78, 5) is 7.23. The molecule has 3 nitrogen and oxygen atoms in total. The molecule has 90 valence electrons. The number of aromatic amines is 1. The van der Waals surface area contributed by atoms with E-state index < -0.39 is 0 Å². The van der Waals surface area contributed by atoms with Gasteiger partial charge in [0.1, 0.15) is 0 Å². The molecule has 17 heavy (non-hydrogen) atoms. The van der Waals surface area contributed by atoms with Gasteiger partial charge in [-0.3, -0.25) is 4.98 Å². The van der Waals surface area contributed by atoms with Crippen LogP contribution in [0.2, 0.25) is 5.02 Å². The molecule has 1 aliphatic carbocycles. The Balaban J connectivity index is 2.15. The number of hydrogen-bond donors (Lipinski definition) is 1. The molecule has 6 heteroatoms. The molecule has 0 aliphatic heterocycles. The molecule has 0 aromatic carbocycles. The van der Waals surface area contributed by atoms with Gasteiger partial charge in [-0.25, -0.2) is 0 Å². The average molecular weight is 286 g/mol. The van der Waals surface area contributed by atoms with Crippen molar-refractivity contribution in [3.63, 3.8) is 0 Å². The van der Waals surface area contributed by atoms with E-state index in [1.807, 2.05) is 11.8 Å². The molecule has 1 fully saturated rings. The quantitative estimate of drug-likeness (QED) is 0.874. The maximum absolute atomic E-state index is 6.21. The molecule has 2 heterocycles. The third-order valence-corrected chi connectivity index (χ3v) is 5.32. The van der Waals surface area contributed by atoms with Crippen molar-refractivity contribution in [3.8, 4) is 0 Å². The van der Waals surface area contributed by atoms with E-state index in [4.69, 9.17) is 23.8 Å². The smallest absolute Gasteiger partial charge is 0.178 e. The van der Waals surface area contributed by atoms with E-state index in [9.17, 15) is 0 Å². The lowest BCUT2D eigenvalue weighted by Crippen LogP contribution is -2.13. The second kappa shape index (κ2) is 4.00. The Morgan fingerprint density at radius 1 is 1.59 bits per heavy atom. The zero-order chi connectivity index (χ0) is 12.0. The van der Waals surface area contributed by atoms with Crippen molar-refractivity contribution in [3.05, 3.63) is 22.2 Å². The van der Waals surface area contributed by atoms with E-state index in [0.717, 1.165) is 22.3 Å². The molecular formula is C11H12ClN3S2. The number of nitrogens with one attached hydrogen (secondary N) is 1. The summed E-state index contributed by atoms with van der Waals surface area (Å²) in [6, 6.07) is 0. The minimum absolute atomic E-state index is 0.361. The SMILES string of the molecule is CSC1(Cn2c(=S)[nH]c3cncc(Cl)c32)CC1. The van der Waals surface area contributed by atoms with Crippen LogP contribution in [-0.2, 0) is 6.54 Å². The van der Waals surface area contributed by atoms with Crippen molar-refractivity contribution < 1.29 is 0 Å². The molecule has 0 amide bonds. The topological polar surface area (TPSA) is 33.6 Å². The predicted molar refractivity (Wildman–Crippen MR) is 75.4 cm³/mol. The fourth-order valence-corrected chi connectivity index (χ4v) is 3.38. The first-order valence-electron chi connectivity index (χ1n) is 5.42. The number of aromatic nitrogens is 3. The molecule has 1 N–H and O–H groups in total. The molecular weight excluding hydrogens is 274 g/mol. The Labute approximate surface area is 114 Å². The molecule has 0 spiro atoms. The predicted octanol–water partition coefficient (Wildman–Crippen LogP) is 3.64. The lowest BCUT2D eigenvalue weighted by atomic mass is 10.3. The van der Waals surface area contributed by atoms with Crippen molar-refractivity contribution in [1.29, 1.82) is 0 Å². The molecule has 0 saturated heterocycles. The summed E-state index contributed by atoms with van der Waals surface area (Å²) in [5.74, 6) is 0. The van der Waals surface area contributed by atoms with Gasteiger partial charge in [-0.2, -0.15) is 11.8 Å². The number of thioether (sulfide) groups is 1. The maximum atomic E-state index is 6.21. The molecule has 3 rings (SSSR count). The molecule has 0 bridgehead atoms. The van der Waals surface area contributed by atoms with Gasteiger partial charge in [0.2, 0.25) is 0 Å². The average Bonchev–Trinajstić information content (AvgIpc) is 3.00. The number of H-pyrrole nitrogens is 1. The van der Waals surface area contributed by atoms with Crippen LogP contribution in [0, 0.1) is 4.77 Å². The summed E-state index contributed by atoms with van der Waals surface area (Å²) in [7, 11) is 0. The first kappa shape index (κ1) is 11.6. The number of halogens is 1. The monoisotopic (exact) mass is 285 g/mol. The van der Waals surface area contributed by atoms with E-state index in [1.165, 1.54) is 12.8 Å². The number of fused-ring (bicyclic) bond motifs is 1.